The van der Waals surface area contributed by atoms with E-state index in [9.17, 15) is 0 Å². The number of halogens is 3. The van der Waals surface area contributed by atoms with E-state index in [-0.39, 0.29) is 6.61 Å². The van der Waals surface area contributed by atoms with Gasteiger partial charge >= 0.3 is 0 Å². The summed E-state index contributed by atoms with van der Waals surface area (Å²) in [6.45, 7) is 1.61. The first kappa shape index (κ1) is 9.57. The zero-order valence-corrected chi connectivity index (χ0v) is 7.13. The predicted octanol–water partition coefficient (Wildman–Crippen LogP) is 2.30. The highest BCUT2D eigenvalue weighted by Crippen LogP contribution is 2.28. The molecule has 0 fully saturated rings. The van der Waals surface area contributed by atoms with Gasteiger partial charge in [-0.3, -0.25) is 0 Å². The van der Waals surface area contributed by atoms with E-state index in [0.29, 0.717) is 5.57 Å². The van der Waals surface area contributed by atoms with Crippen molar-refractivity contribution in [1.29, 1.82) is 0 Å². The third-order valence-corrected chi connectivity index (χ3v) is 0.987. The lowest BCUT2D eigenvalue weighted by Gasteiger charge is -2.04. The Morgan fingerprint density at radius 2 is 2.00 bits per heavy atom. The zero-order valence-electron chi connectivity index (χ0n) is 4.87. The molecule has 0 bridgehead atoms. The molecule has 0 aromatic heterocycles. The van der Waals surface area contributed by atoms with Gasteiger partial charge in [-0.05, 0) is 18.6 Å². The monoisotopic (exact) mass is 188 g/mol. The fourth-order valence-electron chi connectivity index (χ4n) is 0.325. The second-order valence-electron chi connectivity index (χ2n) is 1.69. The van der Waals surface area contributed by atoms with Crippen LogP contribution in [0.4, 0.5) is 0 Å². The SMILES string of the molecule is CC(=CC(Cl)(Cl)Cl)CO. The Morgan fingerprint density at radius 1 is 1.56 bits per heavy atom. The fraction of sp³-hybridized carbons (Fsp3) is 0.600. The lowest BCUT2D eigenvalue weighted by Crippen LogP contribution is -1.98. The molecule has 0 unspecified atom stereocenters. The van der Waals surface area contributed by atoms with Crippen LogP contribution >= 0.6 is 34.8 Å². The third kappa shape index (κ3) is 6.46. The van der Waals surface area contributed by atoms with Crippen LogP contribution < -0.4 is 0 Å². The van der Waals surface area contributed by atoms with Crippen molar-refractivity contribution in [2.75, 3.05) is 6.61 Å². The summed E-state index contributed by atoms with van der Waals surface area (Å²) in [5.74, 6) is 0. The van der Waals surface area contributed by atoms with Gasteiger partial charge in [0.1, 0.15) is 0 Å². The molecule has 0 aromatic rings. The molecule has 0 spiro atoms. The molecule has 0 amide bonds. The summed E-state index contributed by atoms with van der Waals surface area (Å²) >= 11 is 16.1. The number of allylic oxidation sites excluding steroid dienone is 1. The van der Waals surface area contributed by atoms with Crippen LogP contribution in [0.25, 0.3) is 0 Å². The van der Waals surface area contributed by atoms with Gasteiger partial charge in [0.2, 0.25) is 3.79 Å². The van der Waals surface area contributed by atoms with Crippen LogP contribution in [0.3, 0.4) is 0 Å². The average Bonchev–Trinajstić information content (AvgIpc) is 1.62. The molecule has 0 saturated carbocycles. The van der Waals surface area contributed by atoms with Crippen molar-refractivity contribution in [1.82, 2.24) is 0 Å². The van der Waals surface area contributed by atoms with Crippen molar-refractivity contribution in [3.8, 4) is 0 Å². The molecule has 0 radical (unpaired) electrons. The minimum atomic E-state index is -1.38. The Morgan fingerprint density at radius 3 is 2.11 bits per heavy atom. The van der Waals surface area contributed by atoms with E-state index in [1.807, 2.05) is 0 Å². The molecule has 0 aliphatic carbocycles. The summed E-state index contributed by atoms with van der Waals surface area (Å²) in [5.41, 5.74) is 0.648. The molecule has 1 N–H and O–H groups in total. The maximum absolute atomic E-state index is 8.45. The summed E-state index contributed by atoms with van der Waals surface area (Å²) in [7, 11) is 0. The molecular formula is C5H7Cl3O. The molecule has 0 rings (SSSR count). The standard InChI is InChI=1S/C5H7Cl3O/c1-4(3-9)2-5(6,7)8/h2,9H,3H2,1H3. The van der Waals surface area contributed by atoms with Crippen molar-refractivity contribution < 1.29 is 5.11 Å². The number of aliphatic hydroxyl groups excluding tert-OH is 1. The third-order valence-electron chi connectivity index (χ3n) is 0.659. The van der Waals surface area contributed by atoms with Gasteiger partial charge in [-0.15, -0.1) is 0 Å². The lowest BCUT2D eigenvalue weighted by atomic mass is 10.3. The van der Waals surface area contributed by atoms with Gasteiger partial charge in [-0.25, -0.2) is 0 Å². The highest BCUT2D eigenvalue weighted by atomic mass is 35.6. The predicted molar refractivity (Wildman–Crippen MR) is 41.1 cm³/mol. The van der Waals surface area contributed by atoms with Crippen LogP contribution in [-0.4, -0.2) is 15.5 Å². The normalized spacial score (nSPS) is 14.1. The number of hydrogen-bond acceptors (Lipinski definition) is 1. The fourth-order valence-corrected chi connectivity index (χ4v) is 0.884. The van der Waals surface area contributed by atoms with Gasteiger partial charge < -0.3 is 5.11 Å². The maximum Gasteiger partial charge on any atom is 0.209 e. The topological polar surface area (TPSA) is 20.2 Å². The molecular weight excluding hydrogens is 182 g/mol. The Balaban J connectivity index is 3.95. The Bertz CT molecular complexity index is 114. The molecule has 0 atom stereocenters. The second-order valence-corrected chi connectivity index (χ2v) is 4.06. The van der Waals surface area contributed by atoms with Gasteiger partial charge in [0, 0.05) is 0 Å². The van der Waals surface area contributed by atoms with Gasteiger partial charge in [-0.2, -0.15) is 0 Å². The molecule has 54 valence electrons. The molecule has 0 aliphatic heterocycles. The molecule has 0 aromatic carbocycles. The first-order valence-electron chi connectivity index (χ1n) is 2.31. The van der Waals surface area contributed by atoms with E-state index >= 15 is 0 Å². The van der Waals surface area contributed by atoms with Crippen LogP contribution in [-0.2, 0) is 0 Å². The Hall–Kier alpha value is 0.570. The smallest absolute Gasteiger partial charge is 0.209 e. The van der Waals surface area contributed by atoms with E-state index in [1.54, 1.807) is 6.92 Å². The number of aliphatic hydroxyl groups is 1. The van der Waals surface area contributed by atoms with Crippen molar-refractivity contribution in [3.63, 3.8) is 0 Å². The van der Waals surface area contributed by atoms with Crippen LogP contribution in [0.1, 0.15) is 6.92 Å². The van der Waals surface area contributed by atoms with E-state index in [1.165, 1.54) is 6.08 Å². The molecule has 0 heterocycles. The summed E-state index contributed by atoms with van der Waals surface area (Å²) < 4.78 is -1.38. The largest absolute Gasteiger partial charge is 0.392 e. The summed E-state index contributed by atoms with van der Waals surface area (Å²) in [5, 5.41) is 8.45. The Labute approximate surface area is 69.2 Å². The van der Waals surface area contributed by atoms with Crippen molar-refractivity contribution in [2.45, 2.75) is 10.7 Å². The second kappa shape index (κ2) is 3.67. The van der Waals surface area contributed by atoms with Crippen LogP contribution in [0.5, 0.6) is 0 Å². The minimum Gasteiger partial charge on any atom is -0.392 e. The summed E-state index contributed by atoms with van der Waals surface area (Å²) in [6, 6.07) is 0. The average molecular weight is 189 g/mol. The first-order valence-corrected chi connectivity index (χ1v) is 3.45. The number of rotatable bonds is 1. The highest BCUT2D eigenvalue weighted by Gasteiger charge is 2.14. The summed E-state index contributed by atoms with van der Waals surface area (Å²) in [6.07, 6.45) is 1.37. The molecule has 0 saturated heterocycles. The quantitative estimate of drug-likeness (QED) is 0.496. The molecule has 0 aliphatic rings. The first-order chi connectivity index (χ1) is 3.95. The van der Waals surface area contributed by atoms with Crippen LogP contribution in [0, 0.1) is 0 Å². The molecule has 1 nitrogen and oxygen atoms in total. The van der Waals surface area contributed by atoms with Crippen LogP contribution in [0.15, 0.2) is 11.6 Å². The number of hydrogen-bond donors (Lipinski definition) is 1. The van der Waals surface area contributed by atoms with Crippen LogP contribution in [0.2, 0.25) is 0 Å². The Kier molecular flexibility index (Phi) is 3.90. The lowest BCUT2D eigenvalue weighted by molar-refractivity contribution is 0.331. The van der Waals surface area contributed by atoms with Gasteiger partial charge in [-0.1, -0.05) is 34.8 Å². The molecule has 9 heavy (non-hydrogen) atoms. The van der Waals surface area contributed by atoms with Crippen molar-refractivity contribution in [3.05, 3.63) is 11.6 Å². The highest BCUT2D eigenvalue weighted by molar-refractivity contribution is 6.68. The van der Waals surface area contributed by atoms with Crippen molar-refractivity contribution >= 4 is 34.8 Å². The van der Waals surface area contributed by atoms with E-state index in [2.05, 4.69) is 0 Å². The minimum absolute atomic E-state index is 0.0755. The van der Waals surface area contributed by atoms with Gasteiger partial charge in [0.25, 0.3) is 0 Å². The maximum atomic E-state index is 8.45. The van der Waals surface area contributed by atoms with E-state index in [0.717, 1.165) is 0 Å². The molecule has 4 heteroatoms. The van der Waals surface area contributed by atoms with E-state index < -0.39 is 3.79 Å². The van der Waals surface area contributed by atoms with Gasteiger partial charge in [0.05, 0.1) is 6.61 Å². The van der Waals surface area contributed by atoms with Gasteiger partial charge in [0.15, 0.2) is 0 Å². The van der Waals surface area contributed by atoms with Crippen molar-refractivity contribution in [2.24, 2.45) is 0 Å². The summed E-state index contributed by atoms with van der Waals surface area (Å²) in [4.78, 5) is 0. The van der Waals surface area contributed by atoms with E-state index in [4.69, 9.17) is 39.9 Å². The zero-order chi connectivity index (χ0) is 7.49. The number of alkyl halides is 3.